The zero-order valence-electron chi connectivity index (χ0n) is 17.7. The highest BCUT2D eigenvalue weighted by atomic mass is 32.2. The molecule has 2 heterocycles. The summed E-state index contributed by atoms with van der Waals surface area (Å²) in [6, 6.07) is 12.6. The second kappa shape index (κ2) is 8.76. The summed E-state index contributed by atoms with van der Waals surface area (Å²) in [7, 11) is -3.42. The Balaban J connectivity index is 1.58. The van der Waals surface area contributed by atoms with E-state index >= 15 is 0 Å². The Kier molecular flexibility index (Phi) is 6.06. The second-order valence-corrected chi connectivity index (χ2v) is 9.90. The fourth-order valence-corrected chi connectivity index (χ4v) is 4.74. The van der Waals surface area contributed by atoms with Crippen molar-refractivity contribution in [3.63, 3.8) is 0 Å². The van der Waals surface area contributed by atoms with Gasteiger partial charge in [0.2, 0.25) is 0 Å². The van der Waals surface area contributed by atoms with Gasteiger partial charge in [-0.2, -0.15) is 0 Å². The zero-order chi connectivity index (χ0) is 22.0. The van der Waals surface area contributed by atoms with Gasteiger partial charge in [-0.1, -0.05) is 12.1 Å². The van der Waals surface area contributed by atoms with E-state index in [2.05, 4.69) is 9.80 Å². The van der Waals surface area contributed by atoms with Gasteiger partial charge in [0.15, 0.2) is 9.84 Å². The van der Waals surface area contributed by atoms with Gasteiger partial charge in [0.25, 0.3) is 5.91 Å². The first-order valence-corrected chi connectivity index (χ1v) is 12.3. The summed E-state index contributed by atoms with van der Waals surface area (Å²) < 4.78 is 29.7. The first-order chi connectivity index (χ1) is 14.8. The molecule has 2 aliphatic heterocycles. The molecule has 0 radical (unpaired) electrons. The molecule has 0 spiro atoms. The van der Waals surface area contributed by atoms with Gasteiger partial charge in [-0.25, -0.2) is 8.42 Å². The summed E-state index contributed by atoms with van der Waals surface area (Å²) in [6.07, 6.45) is 1.16. The quantitative estimate of drug-likeness (QED) is 0.714. The molecule has 4 rings (SSSR count). The van der Waals surface area contributed by atoms with Crippen molar-refractivity contribution < 1.29 is 17.9 Å². The van der Waals surface area contributed by atoms with Crippen LogP contribution in [0.2, 0.25) is 0 Å². The van der Waals surface area contributed by atoms with Crippen molar-refractivity contribution in [2.24, 2.45) is 0 Å². The van der Waals surface area contributed by atoms with Gasteiger partial charge < -0.3 is 25.2 Å². The predicted molar refractivity (Wildman–Crippen MR) is 122 cm³/mol. The monoisotopic (exact) mass is 444 g/mol. The maximum atomic E-state index is 13.5. The van der Waals surface area contributed by atoms with Gasteiger partial charge in [-0.15, -0.1) is 0 Å². The highest BCUT2D eigenvalue weighted by Crippen LogP contribution is 2.28. The highest BCUT2D eigenvalue weighted by molar-refractivity contribution is 7.90. The van der Waals surface area contributed by atoms with Crippen LogP contribution in [0, 0.1) is 0 Å². The molecule has 2 saturated heterocycles. The number of carbonyl (C=O) groups excluding carboxylic acids is 1. The van der Waals surface area contributed by atoms with Crippen LogP contribution in [0.3, 0.4) is 0 Å². The third kappa shape index (κ3) is 4.62. The number of nitrogens with two attached hydrogens (primary N) is 1. The summed E-state index contributed by atoms with van der Waals surface area (Å²) in [5, 5.41) is 0. The Bertz CT molecular complexity index is 1060. The van der Waals surface area contributed by atoms with Crippen LogP contribution in [0.25, 0.3) is 0 Å². The Morgan fingerprint density at radius 1 is 0.903 bits per heavy atom. The average molecular weight is 445 g/mol. The fraction of sp³-hybridized carbons (Fsp3) is 0.409. The fourth-order valence-electron chi connectivity index (χ4n) is 4.09. The lowest BCUT2D eigenvalue weighted by Gasteiger charge is -2.37. The van der Waals surface area contributed by atoms with Crippen LogP contribution in [0.5, 0.6) is 0 Å². The number of hydrogen-bond donors (Lipinski definition) is 1. The molecule has 0 aromatic heterocycles. The summed E-state index contributed by atoms with van der Waals surface area (Å²) in [4.78, 5) is 19.7. The molecule has 0 aliphatic carbocycles. The number of morpholine rings is 1. The number of para-hydroxylation sites is 2. The molecule has 0 saturated carbocycles. The van der Waals surface area contributed by atoms with E-state index in [4.69, 9.17) is 10.5 Å². The molecule has 1 amide bonds. The molecule has 0 bridgehead atoms. The normalized spacial score (nSPS) is 17.6. The van der Waals surface area contributed by atoms with E-state index in [1.54, 1.807) is 17.0 Å². The van der Waals surface area contributed by atoms with E-state index in [1.807, 2.05) is 24.3 Å². The first kappa shape index (κ1) is 21.5. The van der Waals surface area contributed by atoms with Crippen molar-refractivity contribution in [1.82, 2.24) is 4.90 Å². The molecule has 2 N–H and O–H groups in total. The Morgan fingerprint density at radius 3 is 2.19 bits per heavy atom. The van der Waals surface area contributed by atoms with Gasteiger partial charge in [0.05, 0.1) is 35.0 Å². The number of anilines is 3. The van der Waals surface area contributed by atoms with Gasteiger partial charge in [0.1, 0.15) is 0 Å². The molecule has 2 aliphatic rings. The van der Waals surface area contributed by atoms with Gasteiger partial charge >= 0.3 is 0 Å². The van der Waals surface area contributed by atoms with E-state index in [0.29, 0.717) is 58.0 Å². The lowest BCUT2D eigenvalue weighted by molar-refractivity contribution is 0.0746. The molecular formula is C22H28N4O4S. The molecular weight excluding hydrogens is 416 g/mol. The first-order valence-electron chi connectivity index (χ1n) is 10.4. The van der Waals surface area contributed by atoms with Gasteiger partial charge in [-0.3, -0.25) is 4.79 Å². The largest absolute Gasteiger partial charge is 0.397 e. The van der Waals surface area contributed by atoms with Crippen LogP contribution in [0.1, 0.15) is 10.4 Å². The van der Waals surface area contributed by atoms with Crippen molar-refractivity contribution >= 4 is 32.8 Å². The van der Waals surface area contributed by atoms with Crippen LogP contribution < -0.4 is 15.5 Å². The number of piperazine rings is 1. The summed E-state index contributed by atoms with van der Waals surface area (Å²) in [5.41, 5.74) is 8.98. The van der Waals surface area contributed by atoms with Crippen molar-refractivity contribution in [2.45, 2.75) is 4.90 Å². The summed E-state index contributed by atoms with van der Waals surface area (Å²) >= 11 is 0. The van der Waals surface area contributed by atoms with E-state index in [0.717, 1.165) is 23.3 Å². The average Bonchev–Trinajstić information content (AvgIpc) is 2.79. The maximum absolute atomic E-state index is 13.5. The second-order valence-electron chi connectivity index (χ2n) is 7.89. The summed E-state index contributed by atoms with van der Waals surface area (Å²) in [6.45, 7) is 4.91. The summed E-state index contributed by atoms with van der Waals surface area (Å²) in [5.74, 6) is -0.146. The molecule has 31 heavy (non-hydrogen) atoms. The lowest BCUT2D eigenvalue weighted by Crippen LogP contribution is -2.49. The number of benzene rings is 2. The molecule has 2 fully saturated rings. The smallest absolute Gasteiger partial charge is 0.256 e. The van der Waals surface area contributed by atoms with Crippen LogP contribution in [-0.2, 0) is 14.6 Å². The number of hydrogen-bond acceptors (Lipinski definition) is 7. The molecule has 2 aromatic carbocycles. The Labute approximate surface area is 183 Å². The molecule has 8 nitrogen and oxygen atoms in total. The minimum atomic E-state index is -3.42. The number of carbonyl (C=O) groups is 1. The van der Waals surface area contributed by atoms with Crippen LogP contribution >= 0.6 is 0 Å². The minimum absolute atomic E-state index is 0.146. The van der Waals surface area contributed by atoms with Crippen LogP contribution in [0.15, 0.2) is 47.4 Å². The van der Waals surface area contributed by atoms with Crippen molar-refractivity contribution in [3.05, 3.63) is 48.0 Å². The SMILES string of the molecule is CS(=O)(=O)c1ccc(N2CCOCC2)c(C(=O)N2CCN(c3ccccc3N)CC2)c1. The maximum Gasteiger partial charge on any atom is 0.256 e. The van der Waals surface area contributed by atoms with E-state index < -0.39 is 9.84 Å². The number of amides is 1. The van der Waals surface area contributed by atoms with Crippen molar-refractivity contribution in [3.8, 4) is 0 Å². The molecule has 0 atom stereocenters. The predicted octanol–water partition coefficient (Wildman–Crippen LogP) is 1.47. The van der Waals surface area contributed by atoms with E-state index in [9.17, 15) is 13.2 Å². The Hall–Kier alpha value is -2.78. The topological polar surface area (TPSA) is 96.2 Å². The molecule has 0 unspecified atom stereocenters. The number of sulfone groups is 1. The van der Waals surface area contributed by atoms with E-state index in [1.165, 1.54) is 6.07 Å². The molecule has 166 valence electrons. The highest BCUT2D eigenvalue weighted by Gasteiger charge is 2.27. The molecule has 9 heteroatoms. The number of nitrogen functional groups attached to an aromatic ring is 1. The third-order valence-corrected chi connectivity index (χ3v) is 6.93. The lowest BCUT2D eigenvalue weighted by atomic mass is 10.1. The van der Waals surface area contributed by atoms with Gasteiger partial charge in [-0.05, 0) is 30.3 Å². The van der Waals surface area contributed by atoms with Gasteiger partial charge in [0, 0.05) is 51.2 Å². The molecule has 2 aromatic rings. The van der Waals surface area contributed by atoms with Crippen molar-refractivity contribution in [2.75, 3.05) is 74.3 Å². The standard InChI is InChI=1S/C22H28N4O4S/c1-31(28,29)17-6-7-20(25-12-14-30-15-13-25)18(16-17)22(27)26-10-8-24(9-11-26)21-5-3-2-4-19(21)23/h2-7,16H,8-15,23H2,1H3. The third-order valence-electron chi connectivity index (χ3n) is 5.82. The minimum Gasteiger partial charge on any atom is -0.397 e. The van der Waals surface area contributed by atoms with Crippen molar-refractivity contribution in [1.29, 1.82) is 0 Å². The van der Waals surface area contributed by atoms with Crippen LogP contribution in [0.4, 0.5) is 17.1 Å². The zero-order valence-corrected chi connectivity index (χ0v) is 18.5. The Morgan fingerprint density at radius 2 is 1.55 bits per heavy atom. The number of rotatable bonds is 4. The number of ether oxygens (including phenoxy) is 1. The number of nitrogens with zero attached hydrogens (tertiary/aromatic N) is 3. The van der Waals surface area contributed by atoms with E-state index in [-0.39, 0.29) is 10.8 Å². The van der Waals surface area contributed by atoms with Crippen LogP contribution in [-0.4, -0.2) is 78.0 Å².